The Morgan fingerprint density at radius 2 is 0.627 bits per heavy atom. The number of aromatic nitrogens is 4. The Bertz CT molecular complexity index is 3520. The van der Waals surface area contributed by atoms with Crippen LogP contribution in [-0.2, 0) is 5.41 Å². The number of hydrogen-bond acceptors (Lipinski definition) is 4. The minimum Gasteiger partial charge on any atom is -0.264 e. The summed E-state index contributed by atoms with van der Waals surface area (Å²) in [4.78, 5) is 18.9. The van der Waals surface area contributed by atoms with E-state index < -0.39 is 5.41 Å². The molecule has 2 aliphatic carbocycles. The lowest BCUT2D eigenvalue weighted by molar-refractivity contribution is 0.794. The van der Waals surface area contributed by atoms with Crippen LogP contribution < -0.4 is 0 Å². The minimum atomic E-state index is -0.438. The van der Waals surface area contributed by atoms with Crippen LogP contribution in [0.4, 0.5) is 0 Å². The Labute approximate surface area is 389 Å². The average Bonchev–Trinajstić information content (AvgIpc) is 3.89. The van der Waals surface area contributed by atoms with E-state index in [4.69, 9.17) is 9.97 Å². The van der Waals surface area contributed by atoms with Crippen molar-refractivity contribution in [2.45, 2.75) is 5.41 Å². The molecule has 0 N–H and O–H groups in total. The normalized spacial score (nSPS) is 12.6. The Balaban J connectivity index is 1.01. The van der Waals surface area contributed by atoms with Gasteiger partial charge in [0.25, 0.3) is 0 Å². The van der Waals surface area contributed by atoms with Gasteiger partial charge in [-0.3, -0.25) is 9.97 Å². The summed E-state index contributed by atoms with van der Waals surface area (Å²) in [6.07, 6.45) is 7.31. The Kier molecular flexibility index (Phi) is 9.04. The maximum Gasteiger partial charge on any atom is 0.0725 e. The highest BCUT2D eigenvalue weighted by Crippen LogP contribution is 2.64. The van der Waals surface area contributed by atoms with Crippen molar-refractivity contribution in [3.8, 4) is 101 Å². The SMILES string of the molecule is c1cncc(-c2cccc(-c3cccc(-c4cc(-c5cccc(-c6cccc(-c7cccnc7)n6)c5)cc(-c5cccc6c5-c5ccccc5C65c6ccccc6-c6ccccc65)c4)c3)n2)c1. The molecule has 0 fully saturated rings. The lowest BCUT2D eigenvalue weighted by Gasteiger charge is -2.30. The van der Waals surface area contributed by atoms with Crippen molar-refractivity contribution in [2.75, 3.05) is 0 Å². The first-order chi connectivity index (χ1) is 33.2. The molecule has 1 spiro atoms. The first-order valence-electron chi connectivity index (χ1n) is 22.8. The first kappa shape index (κ1) is 38.6. The van der Waals surface area contributed by atoms with Crippen LogP contribution in [0.25, 0.3) is 101 Å². The van der Waals surface area contributed by atoms with Crippen LogP contribution in [0.3, 0.4) is 0 Å². The second-order valence-corrected chi connectivity index (χ2v) is 17.4. The number of fused-ring (bicyclic) bond motifs is 10. The van der Waals surface area contributed by atoms with Crippen molar-refractivity contribution < 1.29 is 0 Å². The summed E-state index contributed by atoms with van der Waals surface area (Å²) in [5.74, 6) is 0. The van der Waals surface area contributed by atoms with Gasteiger partial charge < -0.3 is 0 Å². The molecule has 2 aliphatic rings. The molecule has 0 aliphatic heterocycles. The molecule has 13 rings (SSSR count). The topological polar surface area (TPSA) is 51.6 Å². The molecule has 0 saturated heterocycles. The molecule has 4 nitrogen and oxygen atoms in total. The molecule has 4 heteroatoms. The smallest absolute Gasteiger partial charge is 0.0725 e. The van der Waals surface area contributed by atoms with Crippen molar-refractivity contribution in [1.29, 1.82) is 0 Å². The molecule has 312 valence electrons. The van der Waals surface area contributed by atoms with E-state index in [1.807, 2.05) is 36.7 Å². The van der Waals surface area contributed by atoms with Gasteiger partial charge in [0, 0.05) is 47.0 Å². The van der Waals surface area contributed by atoms with E-state index in [9.17, 15) is 0 Å². The third kappa shape index (κ3) is 6.29. The Morgan fingerprint density at radius 1 is 0.254 bits per heavy atom. The standard InChI is InChI=1S/C63H40N4/c1-4-24-54-51(20-1)52-21-2-5-25-55(52)63(54)56-26-6-3-22-53(56)62-50(23-9-27-57(62)63)49-37-47(41-14-7-16-43(34-41)58-28-10-30-60(66-58)45-18-12-32-64-39-45)36-48(38-49)42-15-8-17-44(35-42)59-29-11-31-61(67-59)46-19-13-33-65-40-46/h1-40H. The molecule has 11 aromatic rings. The summed E-state index contributed by atoms with van der Waals surface area (Å²) in [7, 11) is 0. The number of nitrogens with zero attached hydrogens (tertiary/aromatic N) is 4. The number of rotatable bonds is 7. The highest BCUT2D eigenvalue weighted by atomic mass is 14.7. The summed E-state index contributed by atoms with van der Waals surface area (Å²) >= 11 is 0. The summed E-state index contributed by atoms with van der Waals surface area (Å²) < 4.78 is 0. The largest absolute Gasteiger partial charge is 0.264 e. The van der Waals surface area contributed by atoms with E-state index in [-0.39, 0.29) is 0 Å². The van der Waals surface area contributed by atoms with Crippen molar-refractivity contribution in [1.82, 2.24) is 19.9 Å². The average molecular weight is 853 g/mol. The van der Waals surface area contributed by atoms with Gasteiger partial charge in [0.1, 0.15) is 0 Å². The van der Waals surface area contributed by atoms with Crippen LogP contribution in [0, 0.1) is 0 Å². The lowest BCUT2D eigenvalue weighted by atomic mass is 9.70. The van der Waals surface area contributed by atoms with Crippen LogP contribution in [0.2, 0.25) is 0 Å². The summed E-state index contributed by atoms with van der Waals surface area (Å²) in [5.41, 5.74) is 24.5. The summed E-state index contributed by atoms with van der Waals surface area (Å²) in [6.45, 7) is 0. The van der Waals surface area contributed by atoms with Crippen LogP contribution in [0.5, 0.6) is 0 Å². The van der Waals surface area contributed by atoms with Gasteiger partial charge in [0.05, 0.1) is 28.2 Å². The van der Waals surface area contributed by atoms with Gasteiger partial charge in [-0.25, -0.2) is 9.97 Å². The van der Waals surface area contributed by atoms with Crippen molar-refractivity contribution in [2.24, 2.45) is 0 Å². The van der Waals surface area contributed by atoms with Gasteiger partial charge in [-0.15, -0.1) is 0 Å². The third-order valence-electron chi connectivity index (χ3n) is 13.7. The van der Waals surface area contributed by atoms with E-state index >= 15 is 0 Å². The zero-order valence-electron chi connectivity index (χ0n) is 36.4. The van der Waals surface area contributed by atoms with Crippen LogP contribution in [0.15, 0.2) is 243 Å². The molecule has 0 radical (unpaired) electrons. The van der Waals surface area contributed by atoms with Crippen LogP contribution >= 0.6 is 0 Å². The molecule has 0 amide bonds. The third-order valence-corrected chi connectivity index (χ3v) is 13.7. The molecule has 0 bridgehead atoms. The molecule has 4 aromatic heterocycles. The zero-order valence-corrected chi connectivity index (χ0v) is 36.4. The Hall–Kier alpha value is -8.86. The second-order valence-electron chi connectivity index (χ2n) is 17.4. The number of pyridine rings is 4. The second kappa shape index (κ2) is 15.7. The van der Waals surface area contributed by atoms with Crippen molar-refractivity contribution in [3.05, 3.63) is 265 Å². The van der Waals surface area contributed by atoms with E-state index in [1.54, 1.807) is 12.4 Å². The van der Waals surface area contributed by atoms with Crippen molar-refractivity contribution >= 4 is 0 Å². The molecule has 0 atom stereocenters. The molecule has 0 unspecified atom stereocenters. The van der Waals surface area contributed by atoms with E-state index in [2.05, 4.69) is 204 Å². The maximum absolute atomic E-state index is 5.12. The fourth-order valence-corrected chi connectivity index (χ4v) is 10.8. The fraction of sp³-hybridized carbons (Fsp3) is 0.0159. The Morgan fingerprint density at radius 3 is 1.15 bits per heavy atom. The number of hydrogen-bond donors (Lipinski definition) is 0. The number of benzene rings is 7. The lowest BCUT2D eigenvalue weighted by Crippen LogP contribution is -2.25. The monoisotopic (exact) mass is 852 g/mol. The van der Waals surface area contributed by atoms with E-state index in [1.165, 1.54) is 50.1 Å². The molecule has 4 heterocycles. The van der Waals surface area contributed by atoms with E-state index in [0.29, 0.717) is 0 Å². The van der Waals surface area contributed by atoms with Gasteiger partial charge >= 0.3 is 0 Å². The molecule has 7 aromatic carbocycles. The predicted octanol–water partition coefficient (Wildman–Crippen LogP) is 15.3. The van der Waals surface area contributed by atoms with Crippen LogP contribution in [-0.4, -0.2) is 19.9 Å². The molecule has 0 saturated carbocycles. The zero-order chi connectivity index (χ0) is 44.3. The van der Waals surface area contributed by atoms with Gasteiger partial charge in [0.15, 0.2) is 0 Å². The molecule has 67 heavy (non-hydrogen) atoms. The van der Waals surface area contributed by atoms with Crippen molar-refractivity contribution in [3.63, 3.8) is 0 Å². The molecular weight excluding hydrogens is 813 g/mol. The highest BCUT2D eigenvalue weighted by molar-refractivity contribution is 6.01. The highest BCUT2D eigenvalue weighted by Gasteiger charge is 2.52. The minimum absolute atomic E-state index is 0.438. The van der Waals surface area contributed by atoms with Gasteiger partial charge in [-0.1, -0.05) is 140 Å². The van der Waals surface area contributed by atoms with Gasteiger partial charge in [0.2, 0.25) is 0 Å². The maximum atomic E-state index is 5.12. The summed E-state index contributed by atoms with van der Waals surface area (Å²) in [5, 5.41) is 0. The summed E-state index contributed by atoms with van der Waals surface area (Å²) in [6, 6.07) is 79.1. The predicted molar refractivity (Wildman–Crippen MR) is 272 cm³/mol. The van der Waals surface area contributed by atoms with Crippen LogP contribution in [0.1, 0.15) is 22.3 Å². The van der Waals surface area contributed by atoms with Gasteiger partial charge in [-0.2, -0.15) is 0 Å². The van der Waals surface area contributed by atoms with E-state index in [0.717, 1.165) is 72.8 Å². The van der Waals surface area contributed by atoms with Gasteiger partial charge in [-0.05, 0) is 157 Å². The molecular formula is C63H40N4. The first-order valence-corrected chi connectivity index (χ1v) is 22.8. The fourth-order valence-electron chi connectivity index (χ4n) is 10.8. The quantitative estimate of drug-likeness (QED) is 0.160.